The standard InChI is InChI=1S/C13H18F2N4O2S/c1-9-16-17-12(22-9)19-6-7-21-10(8-19)11(20)18-4-2-13(14,15)3-5-18/h10H,2-8H2,1H3. The lowest BCUT2D eigenvalue weighted by Gasteiger charge is -2.37. The Balaban J connectivity index is 1.61. The van der Waals surface area contributed by atoms with Crippen LogP contribution in [-0.4, -0.2) is 65.8 Å². The van der Waals surface area contributed by atoms with E-state index in [4.69, 9.17) is 4.74 Å². The van der Waals surface area contributed by atoms with Crippen LogP contribution in [0.25, 0.3) is 0 Å². The van der Waals surface area contributed by atoms with Gasteiger partial charge in [-0.2, -0.15) is 0 Å². The third kappa shape index (κ3) is 3.35. The number of piperidine rings is 1. The maximum atomic E-state index is 13.2. The highest BCUT2D eigenvalue weighted by molar-refractivity contribution is 7.15. The van der Waals surface area contributed by atoms with Crippen molar-refractivity contribution in [3.05, 3.63) is 5.01 Å². The summed E-state index contributed by atoms with van der Waals surface area (Å²) >= 11 is 1.47. The van der Waals surface area contributed by atoms with Gasteiger partial charge in [0.15, 0.2) is 6.10 Å². The molecule has 2 fully saturated rings. The van der Waals surface area contributed by atoms with E-state index in [1.54, 1.807) is 0 Å². The fourth-order valence-corrected chi connectivity index (χ4v) is 3.37. The molecule has 0 N–H and O–H groups in total. The molecule has 1 aromatic rings. The minimum absolute atomic E-state index is 0.0869. The molecule has 0 bridgehead atoms. The minimum Gasteiger partial charge on any atom is -0.365 e. The van der Waals surface area contributed by atoms with E-state index in [2.05, 4.69) is 10.2 Å². The Morgan fingerprint density at radius 2 is 2.05 bits per heavy atom. The highest BCUT2D eigenvalue weighted by Gasteiger charge is 2.38. The van der Waals surface area contributed by atoms with Crippen molar-refractivity contribution in [2.75, 3.05) is 37.7 Å². The third-order valence-corrected chi connectivity index (χ3v) is 4.83. The summed E-state index contributed by atoms with van der Waals surface area (Å²) in [4.78, 5) is 15.9. The Morgan fingerprint density at radius 3 is 2.68 bits per heavy atom. The number of carbonyl (C=O) groups is 1. The molecule has 3 rings (SSSR count). The van der Waals surface area contributed by atoms with Gasteiger partial charge in [-0.25, -0.2) is 8.78 Å². The molecule has 6 nitrogen and oxygen atoms in total. The number of carbonyl (C=O) groups excluding carboxylic acids is 1. The lowest BCUT2D eigenvalue weighted by molar-refractivity contribution is -0.150. The summed E-state index contributed by atoms with van der Waals surface area (Å²) in [6.07, 6.45) is -1.17. The van der Waals surface area contributed by atoms with Gasteiger partial charge in [0.1, 0.15) is 5.01 Å². The van der Waals surface area contributed by atoms with Crippen LogP contribution in [0.2, 0.25) is 0 Å². The molecule has 0 radical (unpaired) electrons. The van der Waals surface area contributed by atoms with E-state index in [9.17, 15) is 13.6 Å². The molecule has 0 saturated carbocycles. The van der Waals surface area contributed by atoms with Crippen LogP contribution in [-0.2, 0) is 9.53 Å². The Kier molecular flexibility index (Phi) is 4.26. The second-order valence-corrected chi connectivity index (χ2v) is 6.75. The van der Waals surface area contributed by atoms with Gasteiger partial charge < -0.3 is 14.5 Å². The van der Waals surface area contributed by atoms with E-state index in [1.165, 1.54) is 16.2 Å². The van der Waals surface area contributed by atoms with Crippen molar-refractivity contribution >= 4 is 22.4 Å². The molecule has 1 unspecified atom stereocenters. The first-order valence-corrected chi connectivity index (χ1v) is 8.09. The number of alkyl halides is 2. The van der Waals surface area contributed by atoms with E-state index in [-0.39, 0.29) is 31.8 Å². The maximum absolute atomic E-state index is 13.2. The Bertz CT molecular complexity index is 544. The molecule has 9 heteroatoms. The summed E-state index contributed by atoms with van der Waals surface area (Å²) in [5, 5.41) is 9.69. The molecule has 1 amide bonds. The molecular weight excluding hydrogens is 314 g/mol. The van der Waals surface area contributed by atoms with Crippen LogP contribution < -0.4 is 4.90 Å². The van der Waals surface area contributed by atoms with Gasteiger partial charge in [-0.05, 0) is 6.92 Å². The molecule has 3 heterocycles. The zero-order valence-corrected chi connectivity index (χ0v) is 13.1. The molecule has 0 spiro atoms. The van der Waals surface area contributed by atoms with Crippen molar-refractivity contribution in [1.29, 1.82) is 0 Å². The summed E-state index contributed by atoms with van der Waals surface area (Å²) in [5.41, 5.74) is 0. The first-order chi connectivity index (χ1) is 10.4. The smallest absolute Gasteiger partial charge is 0.253 e. The Morgan fingerprint density at radius 1 is 1.32 bits per heavy atom. The average Bonchev–Trinajstić information content (AvgIpc) is 2.93. The topological polar surface area (TPSA) is 58.6 Å². The SMILES string of the molecule is Cc1nnc(N2CCOC(C(=O)N3CCC(F)(F)CC3)C2)s1. The van der Waals surface area contributed by atoms with Gasteiger partial charge in [-0.3, -0.25) is 4.79 Å². The molecule has 22 heavy (non-hydrogen) atoms. The van der Waals surface area contributed by atoms with E-state index < -0.39 is 12.0 Å². The van der Waals surface area contributed by atoms with E-state index in [1.807, 2.05) is 11.8 Å². The Labute approximate surface area is 131 Å². The number of rotatable bonds is 2. The third-order valence-electron chi connectivity index (χ3n) is 3.93. The number of aromatic nitrogens is 2. The summed E-state index contributed by atoms with van der Waals surface area (Å²) in [7, 11) is 0. The summed E-state index contributed by atoms with van der Waals surface area (Å²) in [5.74, 6) is -2.86. The van der Waals surface area contributed by atoms with Gasteiger partial charge in [0.05, 0.1) is 13.2 Å². The van der Waals surface area contributed by atoms with Crippen molar-refractivity contribution in [3.8, 4) is 0 Å². The number of morpholine rings is 1. The van der Waals surface area contributed by atoms with Crippen LogP contribution in [0.1, 0.15) is 17.8 Å². The first kappa shape index (κ1) is 15.5. The van der Waals surface area contributed by atoms with E-state index in [0.29, 0.717) is 19.7 Å². The average molecular weight is 332 g/mol. The van der Waals surface area contributed by atoms with Crippen LogP contribution in [0, 0.1) is 6.92 Å². The molecule has 122 valence electrons. The molecule has 2 saturated heterocycles. The molecule has 1 aromatic heterocycles. The van der Waals surface area contributed by atoms with Crippen LogP contribution in [0.5, 0.6) is 0 Å². The van der Waals surface area contributed by atoms with Crippen molar-refractivity contribution in [2.24, 2.45) is 0 Å². The number of halogens is 2. The predicted molar refractivity (Wildman–Crippen MR) is 77.4 cm³/mol. The van der Waals surface area contributed by atoms with Crippen LogP contribution >= 0.6 is 11.3 Å². The molecular formula is C13H18F2N4O2S. The van der Waals surface area contributed by atoms with Crippen molar-refractivity contribution < 1.29 is 18.3 Å². The Hall–Kier alpha value is -1.35. The molecule has 2 aliphatic rings. The lowest BCUT2D eigenvalue weighted by Crippen LogP contribution is -2.53. The lowest BCUT2D eigenvalue weighted by atomic mass is 10.1. The number of aryl methyl sites for hydroxylation is 1. The highest BCUT2D eigenvalue weighted by atomic mass is 32.1. The van der Waals surface area contributed by atoms with Gasteiger partial charge in [0.2, 0.25) is 5.13 Å². The van der Waals surface area contributed by atoms with Crippen LogP contribution in [0.15, 0.2) is 0 Å². The highest BCUT2D eigenvalue weighted by Crippen LogP contribution is 2.28. The fourth-order valence-electron chi connectivity index (χ4n) is 2.64. The summed E-state index contributed by atoms with van der Waals surface area (Å²) < 4.78 is 31.9. The minimum atomic E-state index is -2.65. The summed E-state index contributed by atoms with van der Waals surface area (Å²) in [6.45, 7) is 3.50. The normalized spacial score (nSPS) is 25.3. The molecule has 1 atom stereocenters. The van der Waals surface area contributed by atoms with Crippen molar-refractivity contribution in [2.45, 2.75) is 31.8 Å². The van der Waals surface area contributed by atoms with Crippen molar-refractivity contribution in [1.82, 2.24) is 15.1 Å². The van der Waals surface area contributed by atoms with Gasteiger partial charge in [0, 0.05) is 32.5 Å². The van der Waals surface area contributed by atoms with E-state index in [0.717, 1.165) is 10.1 Å². The number of amides is 1. The second-order valence-electron chi connectivity index (χ2n) is 5.59. The fraction of sp³-hybridized carbons (Fsp3) is 0.769. The van der Waals surface area contributed by atoms with Crippen molar-refractivity contribution in [3.63, 3.8) is 0 Å². The number of likely N-dealkylation sites (tertiary alicyclic amines) is 1. The second kappa shape index (κ2) is 6.04. The zero-order chi connectivity index (χ0) is 15.7. The summed E-state index contributed by atoms with van der Waals surface area (Å²) in [6, 6.07) is 0. The maximum Gasteiger partial charge on any atom is 0.253 e. The number of hydrogen-bond donors (Lipinski definition) is 0. The predicted octanol–water partition coefficient (Wildman–Crippen LogP) is 1.31. The first-order valence-electron chi connectivity index (χ1n) is 7.28. The van der Waals surface area contributed by atoms with E-state index >= 15 is 0 Å². The van der Waals surface area contributed by atoms with Gasteiger partial charge in [-0.15, -0.1) is 10.2 Å². The van der Waals surface area contributed by atoms with Crippen LogP contribution in [0.3, 0.4) is 0 Å². The molecule has 2 aliphatic heterocycles. The number of ether oxygens (including phenoxy) is 1. The van der Waals surface area contributed by atoms with Gasteiger partial charge >= 0.3 is 0 Å². The quantitative estimate of drug-likeness (QED) is 0.817. The number of anilines is 1. The number of hydrogen-bond acceptors (Lipinski definition) is 6. The van der Waals surface area contributed by atoms with Gasteiger partial charge in [-0.1, -0.05) is 11.3 Å². The largest absolute Gasteiger partial charge is 0.365 e. The zero-order valence-electron chi connectivity index (χ0n) is 12.3. The number of nitrogens with zero attached hydrogens (tertiary/aromatic N) is 4. The van der Waals surface area contributed by atoms with Gasteiger partial charge in [0.25, 0.3) is 11.8 Å². The molecule has 0 aliphatic carbocycles. The monoisotopic (exact) mass is 332 g/mol. The molecule has 0 aromatic carbocycles. The van der Waals surface area contributed by atoms with Crippen LogP contribution in [0.4, 0.5) is 13.9 Å².